The largest absolute Gasteiger partial charge is 0.373 e. The molecule has 1 unspecified atom stereocenters. The average Bonchev–Trinajstić information content (AvgIpc) is 3.53. The number of H-pyrrole nitrogens is 1. The third kappa shape index (κ3) is 3.87. The quantitative estimate of drug-likeness (QED) is 0.297. The predicted octanol–water partition coefficient (Wildman–Crippen LogP) is 4.69. The number of imidazole rings is 1. The summed E-state index contributed by atoms with van der Waals surface area (Å²) in [7, 11) is 1.83. The lowest BCUT2D eigenvalue weighted by Crippen LogP contribution is -2.30. The molecule has 1 aromatic carbocycles. The number of benzene rings is 1. The molecule has 0 spiro atoms. The number of para-hydroxylation sites is 1. The van der Waals surface area contributed by atoms with Crippen LogP contribution < -0.4 is 16.3 Å². The van der Waals surface area contributed by atoms with Gasteiger partial charge in [0, 0.05) is 36.6 Å². The van der Waals surface area contributed by atoms with Crippen molar-refractivity contribution in [1.82, 2.24) is 33.9 Å². The van der Waals surface area contributed by atoms with Gasteiger partial charge in [0.05, 0.1) is 29.0 Å². The zero-order valence-corrected chi connectivity index (χ0v) is 20.7. The Kier molecular flexibility index (Phi) is 5.57. The minimum atomic E-state index is -0.334. The Balaban J connectivity index is 1.48. The summed E-state index contributed by atoms with van der Waals surface area (Å²) in [5, 5.41) is 7.61. The fourth-order valence-electron chi connectivity index (χ4n) is 4.48. The molecule has 0 radical (unpaired) electrons. The van der Waals surface area contributed by atoms with Gasteiger partial charge in [0.15, 0.2) is 0 Å². The first-order chi connectivity index (χ1) is 18.0. The van der Waals surface area contributed by atoms with Gasteiger partial charge >= 0.3 is 5.69 Å². The first-order valence-corrected chi connectivity index (χ1v) is 12.0. The summed E-state index contributed by atoms with van der Waals surface area (Å²) >= 11 is 6.29. The van der Waals surface area contributed by atoms with Gasteiger partial charge in [0.2, 0.25) is 0 Å². The van der Waals surface area contributed by atoms with Gasteiger partial charge in [-0.2, -0.15) is 0 Å². The van der Waals surface area contributed by atoms with E-state index < -0.39 is 0 Å². The van der Waals surface area contributed by atoms with Crippen molar-refractivity contribution in [2.75, 3.05) is 17.7 Å². The highest BCUT2D eigenvalue weighted by Gasteiger charge is 2.21. The number of hydrogen-bond donors (Lipinski definition) is 3. The molecule has 0 amide bonds. The van der Waals surface area contributed by atoms with E-state index in [2.05, 4.69) is 35.6 Å². The monoisotopic (exact) mass is 511 g/mol. The Morgan fingerprint density at radius 3 is 2.62 bits per heavy atom. The molecule has 1 atom stereocenters. The van der Waals surface area contributed by atoms with Crippen molar-refractivity contribution in [3.8, 4) is 16.8 Å². The van der Waals surface area contributed by atoms with Crippen LogP contribution in [0.2, 0.25) is 5.15 Å². The second-order valence-corrected chi connectivity index (χ2v) is 8.88. The number of halogens is 1. The van der Waals surface area contributed by atoms with Crippen molar-refractivity contribution in [3.63, 3.8) is 0 Å². The zero-order chi connectivity index (χ0) is 25.5. The molecule has 37 heavy (non-hydrogen) atoms. The van der Waals surface area contributed by atoms with Crippen LogP contribution in [0.15, 0.2) is 78.2 Å². The van der Waals surface area contributed by atoms with Crippen molar-refractivity contribution >= 4 is 39.9 Å². The van der Waals surface area contributed by atoms with Crippen LogP contribution in [0, 0.1) is 0 Å². The number of anilines is 2. The van der Waals surface area contributed by atoms with Crippen molar-refractivity contribution in [3.05, 3.63) is 94.8 Å². The molecule has 0 aliphatic heterocycles. The van der Waals surface area contributed by atoms with Crippen LogP contribution in [0.1, 0.15) is 18.7 Å². The van der Waals surface area contributed by atoms with Crippen LogP contribution >= 0.6 is 11.6 Å². The van der Waals surface area contributed by atoms with Gasteiger partial charge in [-0.3, -0.25) is 4.57 Å². The lowest BCUT2D eigenvalue weighted by molar-refractivity contribution is 0.739. The fraction of sp³-hybridized carbons (Fsp3) is 0.115. The normalized spacial score (nSPS) is 12.2. The molecule has 184 valence electrons. The molecule has 10 nitrogen and oxygen atoms in total. The Hall–Kier alpha value is -4.70. The van der Waals surface area contributed by atoms with E-state index in [0.29, 0.717) is 28.5 Å². The van der Waals surface area contributed by atoms with Crippen molar-refractivity contribution < 1.29 is 0 Å². The van der Waals surface area contributed by atoms with Crippen molar-refractivity contribution in [1.29, 1.82) is 0 Å². The standard InChI is InChI=1S/C26H22ClN9O/c1-15(19-10-22-30-13-20(27)36(22)26(37)35(19)17-6-4-3-5-7-17)34-25-23-18(12-31-24(23)32-14-33-25)16-8-9-21(28-2)29-11-16/h3-15H,1-2H3,(H,28,29)(H2,31,32,33,34). The summed E-state index contributed by atoms with van der Waals surface area (Å²) in [5.41, 5.74) is 4.11. The number of fused-ring (bicyclic) bond motifs is 2. The van der Waals surface area contributed by atoms with Crippen molar-refractivity contribution in [2.45, 2.75) is 13.0 Å². The predicted molar refractivity (Wildman–Crippen MR) is 145 cm³/mol. The molecule has 0 fully saturated rings. The Bertz CT molecular complexity index is 1790. The maximum atomic E-state index is 13.6. The number of rotatable bonds is 6. The lowest BCUT2D eigenvalue weighted by Gasteiger charge is -2.21. The molecule has 0 aliphatic rings. The molecule has 3 N–H and O–H groups in total. The van der Waals surface area contributed by atoms with Crippen LogP contribution in [-0.2, 0) is 0 Å². The molecule has 0 saturated carbocycles. The minimum Gasteiger partial charge on any atom is -0.373 e. The van der Waals surface area contributed by atoms with Gasteiger partial charge in [0.1, 0.15) is 34.4 Å². The Morgan fingerprint density at radius 1 is 1.03 bits per heavy atom. The summed E-state index contributed by atoms with van der Waals surface area (Å²) in [6.07, 6.45) is 6.67. The number of aromatic amines is 1. The maximum absolute atomic E-state index is 13.6. The second kappa shape index (κ2) is 9.07. The molecule has 5 heterocycles. The molecule has 0 saturated heterocycles. The highest BCUT2D eigenvalue weighted by Crippen LogP contribution is 2.33. The molecular weight excluding hydrogens is 490 g/mol. The summed E-state index contributed by atoms with van der Waals surface area (Å²) in [6.45, 7) is 1.97. The number of pyridine rings is 1. The molecule has 0 aliphatic carbocycles. The summed E-state index contributed by atoms with van der Waals surface area (Å²) < 4.78 is 3.02. The molecule has 6 aromatic rings. The molecular formula is C26H22ClN9O. The summed E-state index contributed by atoms with van der Waals surface area (Å²) in [5.74, 6) is 1.40. The van der Waals surface area contributed by atoms with E-state index in [0.717, 1.165) is 22.3 Å². The molecule has 0 bridgehead atoms. The molecule has 11 heteroatoms. The fourth-order valence-corrected chi connectivity index (χ4v) is 4.69. The van der Waals surface area contributed by atoms with E-state index in [-0.39, 0.29) is 16.9 Å². The van der Waals surface area contributed by atoms with E-state index in [1.807, 2.05) is 68.7 Å². The smallest absolute Gasteiger partial charge is 0.339 e. The number of hydrogen-bond acceptors (Lipinski definition) is 7. The van der Waals surface area contributed by atoms with E-state index in [9.17, 15) is 4.79 Å². The van der Waals surface area contributed by atoms with Crippen LogP contribution in [0.5, 0.6) is 0 Å². The SMILES string of the molecule is CNc1ccc(-c2c[nH]c3ncnc(NC(C)c4cc5ncc(Cl)n5c(=O)n4-c4ccccc4)c23)cn1. The van der Waals surface area contributed by atoms with Crippen LogP contribution in [-0.4, -0.2) is 40.9 Å². The molecule has 5 aromatic heterocycles. The first kappa shape index (κ1) is 22.7. The van der Waals surface area contributed by atoms with E-state index >= 15 is 0 Å². The lowest BCUT2D eigenvalue weighted by atomic mass is 10.1. The van der Waals surface area contributed by atoms with Crippen LogP contribution in [0.25, 0.3) is 33.5 Å². The Morgan fingerprint density at radius 2 is 1.86 bits per heavy atom. The number of nitrogens with one attached hydrogen (secondary N) is 3. The third-order valence-electron chi connectivity index (χ3n) is 6.28. The maximum Gasteiger partial charge on any atom is 0.339 e. The Labute approximate surface area is 216 Å². The minimum absolute atomic E-state index is 0.254. The number of nitrogens with zero attached hydrogens (tertiary/aromatic N) is 6. The van der Waals surface area contributed by atoms with Gasteiger partial charge in [-0.1, -0.05) is 29.8 Å². The highest BCUT2D eigenvalue weighted by atomic mass is 35.5. The van der Waals surface area contributed by atoms with Gasteiger partial charge in [-0.25, -0.2) is 29.1 Å². The van der Waals surface area contributed by atoms with Crippen LogP contribution in [0.4, 0.5) is 11.6 Å². The van der Waals surface area contributed by atoms with Crippen LogP contribution in [0.3, 0.4) is 0 Å². The second-order valence-electron chi connectivity index (χ2n) is 8.49. The third-order valence-corrected chi connectivity index (χ3v) is 6.54. The highest BCUT2D eigenvalue weighted by molar-refractivity contribution is 6.29. The summed E-state index contributed by atoms with van der Waals surface area (Å²) in [6, 6.07) is 14.9. The van der Waals surface area contributed by atoms with Gasteiger partial charge in [-0.15, -0.1) is 0 Å². The zero-order valence-electron chi connectivity index (χ0n) is 20.0. The first-order valence-electron chi connectivity index (χ1n) is 11.6. The van der Waals surface area contributed by atoms with Gasteiger partial charge in [0.25, 0.3) is 0 Å². The van der Waals surface area contributed by atoms with Gasteiger partial charge < -0.3 is 15.6 Å². The van der Waals surface area contributed by atoms with Gasteiger partial charge in [-0.05, 0) is 31.2 Å². The van der Waals surface area contributed by atoms with Crippen molar-refractivity contribution in [2.24, 2.45) is 0 Å². The molecule has 6 rings (SSSR count). The topological polar surface area (TPSA) is 118 Å². The van der Waals surface area contributed by atoms with E-state index in [4.69, 9.17) is 11.6 Å². The number of aromatic nitrogens is 7. The van der Waals surface area contributed by atoms with E-state index in [1.165, 1.54) is 16.9 Å². The summed E-state index contributed by atoms with van der Waals surface area (Å²) in [4.78, 5) is 34.5. The van der Waals surface area contributed by atoms with E-state index in [1.54, 1.807) is 10.8 Å². The average molecular weight is 512 g/mol.